The van der Waals surface area contributed by atoms with E-state index in [-0.39, 0.29) is 12.1 Å². The average molecular weight is 285 g/mol. The molecule has 2 aromatic heterocycles. The van der Waals surface area contributed by atoms with Crippen molar-refractivity contribution in [1.29, 1.82) is 0 Å². The van der Waals surface area contributed by atoms with E-state index in [1.54, 1.807) is 0 Å². The number of amides is 1. The van der Waals surface area contributed by atoms with Crippen LogP contribution in [-0.2, 0) is 6.54 Å². The fraction of sp³-hybridized carbons (Fsp3) is 0.0769. The molecule has 0 aliphatic carbocycles. The molecule has 0 spiro atoms. The number of benzene rings is 1. The number of aromatic nitrogens is 4. The number of carbonyl (C=O) groups is 1. The molecule has 4 N–H and O–H groups in total. The summed E-state index contributed by atoms with van der Waals surface area (Å²) in [6.07, 6.45) is 1.08. The van der Waals surface area contributed by atoms with Crippen LogP contribution in [0.1, 0.15) is 16.2 Å². The zero-order chi connectivity index (χ0) is 14.8. The summed E-state index contributed by atoms with van der Waals surface area (Å²) in [4.78, 5) is 45.8. The molecule has 0 aliphatic rings. The molecule has 3 rings (SSSR count). The molecule has 1 amide bonds. The van der Waals surface area contributed by atoms with Gasteiger partial charge >= 0.3 is 5.69 Å². The summed E-state index contributed by atoms with van der Waals surface area (Å²) in [5.74, 6) is -0.0154. The van der Waals surface area contributed by atoms with E-state index in [2.05, 4.69) is 20.3 Å². The van der Waals surface area contributed by atoms with Crippen LogP contribution < -0.4 is 16.6 Å². The summed E-state index contributed by atoms with van der Waals surface area (Å²) in [5.41, 5.74) is 0.104. The normalized spacial score (nSPS) is 10.7. The quantitative estimate of drug-likeness (QED) is 0.535. The highest BCUT2D eigenvalue weighted by Gasteiger charge is 2.11. The van der Waals surface area contributed by atoms with E-state index < -0.39 is 17.2 Å². The molecule has 1 aromatic carbocycles. The van der Waals surface area contributed by atoms with Crippen LogP contribution in [0.4, 0.5) is 0 Å². The van der Waals surface area contributed by atoms with Crippen molar-refractivity contribution in [3.8, 4) is 0 Å². The molecule has 106 valence electrons. The average Bonchev–Trinajstić information content (AvgIpc) is 2.87. The molecule has 0 bridgehead atoms. The summed E-state index contributed by atoms with van der Waals surface area (Å²) >= 11 is 0. The lowest BCUT2D eigenvalue weighted by atomic mass is 10.3. The van der Waals surface area contributed by atoms with Crippen LogP contribution in [-0.4, -0.2) is 25.8 Å². The lowest BCUT2D eigenvalue weighted by molar-refractivity contribution is 0.0948. The number of hydrogen-bond donors (Lipinski definition) is 4. The Morgan fingerprint density at radius 1 is 1.19 bits per heavy atom. The van der Waals surface area contributed by atoms with Gasteiger partial charge in [-0.05, 0) is 12.1 Å². The largest absolute Gasteiger partial charge is 0.345 e. The monoisotopic (exact) mass is 285 g/mol. The van der Waals surface area contributed by atoms with Gasteiger partial charge in [0.05, 0.1) is 17.6 Å². The lowest BCUT2D eigenvalue weighted by Crippen LogP contribution is -2.33. The van der Waals surface area contributed by atoms with Crippen molar-refractivity contribution in [2.75, 3.05) is 0 Å². The van der Waals surface area contributed by atoms with Crippen molar-refractivity contribution < 1.29 is 4.79 Å². The number of fused-ring (bicyclic) bond motifs is 1. The smallest absolute Gasteiger partial charge is 0.325 e. The van der Waals surface area contributed by atoms with Crippen LogP contribution in [0.3, 0.4) is 0 Å². The fourth-order valence-corrected chi connectivity index (χ4v) is 1.93. The van der Waals surface area contributed by atoms with E-state index in [9.17, 15) is 14.4 Å². The van der Waals surface area contributed by atoms with Crippen molar-refractivity contribution in [3.63, 3.8) is 0 Å². The Hall–Kier alpha value is -3.16. The summed E-state index contributed by atoms with van der Waals surface area (Å²) in [6.45, 7) is 0.145. The second-order valence-corrected chi connectivity index (χ2v) is 4.37. The Bertz CT molecular complexity index is 888. The number of hydrogen-bond acceptors (Lipinski definition) is 4. The Morgan fingerprint density at radius 2 is 2.00 bits per heavy atom. The van der Waals surface area contributed by atoms with Gasteiger partial charge in [0.15, 0.2) is 0 Å². The maximum absolute atomic E-state index is 11.9. The zero-order valence-electron chi connectivity index (χ0n) is 10.8. The number of carbonyl (C=O) groups excluding carboxylic acids is 1. The minimum Gasteiger partial charge on any atom is -0.345 e. The number of nitrogens with zero attached hydrogens (tertiary/aromatic N) is 1. The van der Waals surface area contributed by atoms with Gasteiger partial charge in [0.1, 0.15) is 11.4 Å². The summed E-state index contributed by atoms with van der Waals surface area (Å²) < 4.78 is 0. The molecular formula is C13H11N5O3. The summed E-state index contributed by atoms with van der Waals surface area (Å²) in [5, 5.41) is 2.56. The van der Waals surface area contributed by atoms with Crippen molar-refractivity contribution in [1.82, 2.24) is 25.3 Å². The maximum atomic E-state index is 11.9. The number of imidazole rings is 1. The molecule has 21 heavy (non-hydrogen) atoms. The second kappa shape index (κ2) is 5.08. The minimum absolute atomic E-state index is 0.145. The van der Waals surface area contributed by atoms with Crippen LogP contribution in [0.2, 0.25) is 0 Å². The topological polar surface area (TPSA) is 123 Å². The van der Waals surface area contributed by atoms with Gasteiger partial charge in [0, 0.05) is 6.20 Å². The third-order valence-electron chi connectivity index (χ3n) is 2.92. The minimum atomic E-state index is -0.735. The molecule has 2 heterocycles. The Kier molecular flexibility index (Phi) is 3.11. The lowest BCUT2D eigenvalue weighted by Gasteiger charge is -2.01. The van der Waals surface area contributed by atoms with Crippen LogP contribution in [0.25, 0.3) is 11.0 Å². The molecule has 8 heteroatoms. The number of rotatable bonds is 3. The molecule has 0 atom stereocenters. The van der Waals surface area contributed by atoms with Crippen molar-refractivity contribution >= 4 is 16.9 Å². The highest BCUT2D eigenvalue weighted by atomic mass is 16.2. The fourth-order valence-electron chi connectivity index (χ4n) is 1.93. The van der Waals surface area contributed by atoms with Gasteiger partial charge in [0.25, 0.3) is 11.5 Å². The number of para-hydroxylation sites is 2. The number of H-pyrrole nitrogens is 3. The first-order chi connectivity index (χ1) is 10.1. The Morgan fingerprint density at radius 3 is 2.76 bits per heavy atom. The molecule has 0 aliphatic heterocycles. The van der Waals surface area contributed by atoms with E-state index in [1.165, 1.54) is 0 Å². The highest BCUT2D eigenvalue weighted by Crippen LogP contribution is 2.09. The van der Waals surface area contributed by atoms with E-state index >= 15 is 0 Å². The van der Waals surface area contributed by atoms with E-state index in [4.69, 9.17) is 0 Å². The standard InChI is InChI=1S/C13H11N5O3/c19-11(7-5-15-13(21)18-12(7)20)14-6-10-16-8-3-1-2-4-9(8)17-10/h1-5H,6H2,(H,14,19)(H,16,17)(H2,15,18,20,21). The third kappa shape index (κ3) is 2.59. The van der Waals surface area contributed by atoms with Crippen LogP contribution in [0, 0.1) is 0 Å². The van der Waals surface area contributed by atoms with Crippen LogP contribution in [0.15, 0.2) is 40.1 Å². The van der Waals surface area contributed by atoms with Crippen LogP contribution in [0.5, 0.6) is 0 Å². The predicted molar refractivity (Wildman–Crippen MR) is 74.9 cm³/mol. The van der Waals surface area contributed by atoms with Gasteiger partial charge in [-0.25, -0.2) is 9.78 Å². The first-order valence-corrected chi connectivity index (χ1v) is 6.17. The Balaban J connectivity index is 1.76. The molecule has 0 saturated heterocycles. The highest BCUT2D eigenvalue weighted by molar-refractivity contribution is 5.93. The first kappa shape index (κ1) is 12.9. The second-order valence-electron chi connectivity index (χ2n) is 4.37. The van der Waals surface area contributed by atoms with Gasteiger partial charge in [-0.2, -0.15) is 0 Å². The molecular weight excluding hydrogens is 274 g/mol. The van der Waals surface area contributed by atoms with Gasteiger partial charge < -0.3 is 15.3 Å². The van der Waals surface area contributed by atoms with E-state index in [1.807, 2.05) is 29.2 Å². The summed E-state index contributed by atoms with van der Waals surface area (Å²) in [6, 6.07) is 7.47. The molecule has 8 nitrogen and oxygen atoms in total. The van der Waals surface area contributed by atoms with Gasteiger partial charge in [0.2, 0.25) is 0 Å². The van der Waals surface area contributed by atoms with Gasteiger partial charge in [-0.3, -0.25) is 14.6 Å². The van der Waals surface area contributed by atoms with Crippen LogP contribution >= 0.6 is 0 Å². The first-order valence-electron chi connectivity index (χ1n) is 6.17. The molecule has 3 aromatic rings. The van der Waals surface area contributed by atoms with E-state index in [0.29, 0.717) is 5.82 Å². The Labute approximate surface area is 117 Å². The molecule has 0 unspecified atom stereocenters. The predicted octanol–water partition coefficient (Wildman–Crippen LogP) is -0.130. The van der Waals surface area contributed by atoms with E-state index in [0.717, 1.165) is 17.2 Å². The molecule has 0 saturated carbocycles. The van der Waals surface area contributed by atoms with Gasteiger partial charge in [-0.15, -0.1) is 0 Å². The van der Waals surface area contributed by atoms with Crippen molar-refractivity contribution in [3.05, 3.63) is 62.7 Å². The zero-order valence-corrected chi connectivity index (χ0v) is 10.8. The summed E-state index contributed by atoms with van der Waals surface area (Å²) in [7, 11) is 0. The third-order valence-corrected chi connectivity index (χ3v) is 2.92. The maximum Gasteiger partial charge on any atom is 0.325 e. The van der Waals surface area contributed by atoms with Crippen molar-refractivity contribution in [2.24, 2.45) is 0 Å². The molecule has 0 fully saturated rings. The number of nitrogens with one attached hydrogen (secondary N) is 4. The van der Waals surface area contributed by atoms with Gasteiger partial charge in [-0.1, -0.05) is 12.1 Å². The molecule has 0 radical (unpaired) electrons. The SMILES string of the molecule is O=C(NCc1nc2ccccc2[nH]1)c1c[nH]c(=O)[nH]c1=O. The van der Waals surface area contributed by atoms with Crippen molar-refractivity contribution in [2.45, 2.75) is 6.54 Å². The number of aromatic amines is 3.